The zero-order chi connectivity index (χ0) is 16.2. The molecule has 0 saturated carbocycles. The second-order valence-electron chi connectivity index (χ2n) is 5.48. The van der Waals surface area contributed by atoms with Crippen LogP contribution in [0.4, 0.5) is 17.6 Å². The molecule has 1 heterocycles. The average Bonchev–Trinajstić information content (AvgIpc) is 2.74. The van der Waals surface area contributed by atoms with E-state index in [0.29, 0.717) is 18.7 Å². The largest absolute Gasteiger partial charge is 0.389 e. The van der Waals surface area contributed by atoms with Gasteiger partial charge in [0.1, 0.15) is 5.82 Å². The number of rotatable bonds is 6. The first kappa shape index (κ1) is 16.7. The Kier molecular flexibility index (Phi) is 5.39. The third-order valence-corrected chi connectivity index (χ3v) is 3.55. The lowest BCUT2D eigenvalue weighted by molar-refractivity contribution is -0.135. The number of nitrogens with zero attached hydrogens (tertiary/aromatic N) is 1. The number of halogens is 4. The van der Waals surface area contributed by atoms with E-state index in [1.807, 2.05) is 0 Å². The van der Waals surface area contributed by atoms with Crippen LogP contribution in [0, 0.1) is 5.82 Å². The van der Waals surface area contributed by atoms with E-state index in [9.17, 15) is 22.4 Å². The fourth-order valence-electron chi connectivity index (χ4n) is 2.51. The van der Waals surface area contributed by atoms with Crippen molar-refractivity contribution in [3.8, 4) is 0 Å². The monoisotopic (exact) mass is 318 g/mol. The van der Waals surface area contributed by atoms with Gasteiger partial charge in [0, 0.05) is 32.0 Å². The Hall–Kier alpha value is -1.63. The molecule has 1 aliphatic heterocycles. The van der Waals surface area contributed by atoms with E-state index in [1.165, 1.54) is 12.1 Å². The molecule has 1 atom stereocenters. The molecule has 1 aliphatic rings. The summed E-state index contributed by atoms with van der Waals surface area (Å²) in [5, 5.41) is 2.98. The zero-order valence-electron chi connectivity index (χ0n) is 12.0. The number of carbonyl (C=O) groups excluding carboxylic acids is 1. The minimum absolute atomic E-state index is 0.00190. The molecule has 0 aromatic heterocycles. The number of carbonyl (C=O) groups is 1. The predicted molar refractivity (Wildman–Crippen MR) is 73.5 cm³/mol. The van der Waals surface area contributed by atoms with Gasteiger partial charge in [-0.15, -0.1) is 0 Å². The van der Waals surface area contributed by atoms with Crippen molar-refractivity contribution < 1.29 is 22.4 Å². The van der Waals surface area contributed by atoms with Crippen molar-refractivity contribution in [3.63, 3.8) is 0 Å². The Bertz CT molecular complexity index is 519. The van der Waals surface area contributed by atoms with Crippen molar-refractivity contribution >= 4 is 5.91 Å². The number of nitrogens with one attached hydrogen (secondary N) is 1. The molecule has 0 bridgehead atoms. The van der Waals surface area contributed by atoms with Crippen molar-refractivity contribution in [1.29, 1.82) is 0 Å². The SMILES string of the molecule is O=C1CC(NCCCC(F)(F)F)CN1Cc1cccc(F)c1. The lowest BCUT2D eigenvalue weighted by Crippen LogP contribution is -2.33. The van der Waals surface area contributed by atoms with Crippen molar-refractivity contribution in [1.82, 2.24) is 10.2 Å². The molecule has 1 amide bonds. The average molecular weight is 318 g/mol. The molecule has 1 aromatic carbocycles. The van der Waals surface area contributed by atoms with Crippen molar-refractivity contribution in [2.24, 2.45) is 0 Å². The van der Waals surface area contributed by atoms with Gasteiger partial charge in [-0.05, 0) is 30.7 Å². The molecular formula is C15H18F4N2O. The number of hydrogen-bond donors (Lipinski definition) is 1. The van der Waals surface area contributed by atoms with Gasteiger partial charge in [0.05, 0.1) is 0 Å². The summed E-state index contributed by atoms with van der Waals surface area (Å²) in [6.45, 7) is 0.976. The van der Waals surface area contributed by atoms with Crippen molar-refractivity contribution in [3.05, 3.63) is 35.6 Å². The first-order valence-corrected chi connectivity index (χ1v) is 7.16. The third-order valence-electron chi connectivity index (χ3n) is 3.55. The van der Waals surface area contributed by atoms with Gasteiger partial charge in [0.25, 0.3) is 0 Å². The summed E-state index contributed by atoms with van der Waals surface area (Å²) in [7, 11) is 0. The van der Waals surface area contributed by atoms with Gasteiger partial charge < -0.3 is 10.2 Å². The summed E-state index contributed by atoms with van der Waals surface area (Å²) >= 11 is 0. The molecule has 1 unspecified atom stereocenters. The maximum Gasteiger partial charge on any atom is 0.389 e. The number of likely N-dealkylation sites (tertiary alicyclic amines) is 1. The highest BCUT2D eigenvalue weighted by atomic mass is 19.4. The van der Waals surface area contributed by atoms with Gasteiger partial charge in [0.2, 0.25) is 5.91 Å². The molecule has 0 radical (unpaired) electrons. The maximum atomic E-state index is 13.1. The first-order chi connectivity index (χ1) is 10.3. The minimum Gasteiger partial charge on any atom is -0.337 e. The smallest absolute Gasteiger partial charge is 0.337 e. The summed E-state index contributed by atoms with van der Waals surface area (Å²) in [4.78, 5) is 13.5. The van der Waals surface area contributed by atoms with Crippen LogP contribution in [0.2, 0.25) is 0 Å². The molecule has 2 rings (SSSR count). The van der Waals surface area contributed by atoms with Gasteiger partial charge in [-0.3, -0.25) is 4.79 Å². The summed E-state index contributed by atoms with van der Waals surface area (Å²) in [5.41, 5.74) is 0.700. The normalized spacial score (nSPS) is 19.0. The fraction of sp³-hybridized carbons (Fsp3) is 0.533. The van der Waals surface area contributed by atoms with Gasteiger partial charge in [-0.2, -0.15) is 13.2 Å². The molecule has 1 saturated heterocycles. The minimum atomic E-state index is -4.14. The fourth-order valence-corrected chi connectivity index (χ4v) is 2.51. The van der Waals surface area contributed by atoms with Gasteiger partial charge in [0.15, 0.2) is 0 Å². The number of hydrogen-bond acceptors (Lipinski definition) is 2. The Morgan fingerprint density at radius 1 is 1.32 bits per heavy atom. The quantitative estimate of drug-likeness (QED) is 0.646. The number of alkyl halides is 3. The van der Waals surface area contributed by atoms with Crippen LogP contribution in [-0.4, -0.2) is 36.1 Å². The summed E-state index contributed by atoms with van der Waals surface area (Å²) in [5.74, 6) is -0.427. The van der Waals surface area contributed by atoms with Gasteiger partial charge in [-0.25, -0.2) is 4.39 Å². The third kappa shape index (κ3) is 5.29. The number of benzene rings is 1. The summed E-state index contributed by atoms with van der Waals surface area (Å²) in [6.07, 6.45) is -4.70. The van der Waals surface area contributed by atoms with E-state index in [-0.39, 0.29) is 37.2 Å². The van der Waals surface area contributed by atoms with Crippen LogP contribution < -0.4 is 5.32 Å². The topological polar surface area (TPSA) is 32.3 Å². The highest BCUT2D eigenvalue weighted by Crippen LogP contribution is 2.21. The molecular weight excluding hydrogens is 300 g/mol. The van der Waals surface area contributed by atoms with Crippen LogP contribution in [0.3, 0.4) is 0 Å². The van der Waals surface area contributed by atoms with Gasteiger partial charge >= 0.3 is 6.18 Å². The highest BCUT2D eigenvalue weighted by molar-refractivity contribution is 5.79. The van der Waals surface area contributed by atoms with E-state index < -0.39 is 12.6 Å². The highest BCUT2D eigenvalue weighted by Gasteiger charge is 2.30. The van der Waals surface area contributed by atoms with Crippen molar-refractivity contribution in [2.45, 2.75) is 38.0 Å². The first-order valence-electron chi connectivity index (χ1n) is 7.16. The lowest BCUT2D eigenvalue weighted by Gasteiger charge is -2.17. The van der Waals surface area contributed by atoms with Gasteiger partial charge in [-0.1, -0.05) is 12.1 Å². The Morgan fingerprint density at radius 3 is 2.77 bits per heavy atom. The molecule has 1 N–H and O–H groups in total. The van der Waals surface area contributed by atoms with Crippen LogP contribution in [0.25, 0.3) is 0 Å². The van der Waals surface area contributed by atoms with E-state index in [2.05, 4.69) is 5.32 Å². The van der Waals surface area contributed by atoms with Crippen LogP contribution >= 0.6 is 0 Å². The van der Waals surface area contributed by atoms with E-state index >= 15 is 0 Å². The van der Waals surface area contributed by atoms with Crippen LogP contribution in [0.1, 0.15) is 24.8 Å². The predicted octanol–water partition coefficient (Wildman–Crippen LogP) is 2.86. The van der Waals surface area contributed by atoms with E-state index in [1.54, 1.807) is 17.0 Å². The van der Waals surface area contributed by atoms with Crippen LogP contribution in [-0.2, 0) is 11.3 Å². The summed E-state index contributed by atoms with van der Waals surface area (Å²) in [6, 6.07) is 5.88. The van der Waals surface area contributed by atoms with Crippen LogP contribution in [0.15, 0.2) is 24.3 Å². The van der Waals surface area contributed by atoms with E-state index in [4.69, 9.17) is 0 Å². The zero-order valence-corrected chi connectivity index (χ0v) is 12.0. The Morgan fingerprint density at radius 2 is 2.09 bits per heavy atom. The molecule has 122 valence electrons. The molecule has 1 fully saturated rings. The van der Waals surface area contributed by atoms with Crippen molar-refractivity contribution in [2.75, 3.05) is 13.1 Å². The van der Waals surface area contributed by atoms with Crippen LogP contribution in [0.5, 0.6) is 0 Å². The second kappa shape index (κ2) is 7.09. The lowest BCUT2D eigenvalue weighted by atomic mass is 10.2. The Balaban J connectivity index is 1.76. The Labute approximate surface area is 126 Å². The molecule has 0 spiro atoms. The second-order valence-corrected chi connectivity index (χ2v) is 5.48. The summed E-state index contributed by atoms with van der Waals surface area (Å²) < 4.78 is 49.2. The molecule has 3 nitrogen and oxygen atoms in total. The molecule has 0 aliphatic carbocycles. The maximum absolute atomic E-state index is 13.1. The number of amides is 1. The molecule has 7 heteroatoms. The van der Waals surface area contributed by atoms with E-state index in [0.717, 1.165) is 0 Å². The molecule has 1 aromatic rings. The standard InChI is InChI=1S/C15H18F4N2O/c16-12-4-1-3-11(7-12)9-21-10-13(8-14(21)22)20-6-2-5-15(17,18)19/h1,3-4,7,13,20H,2,5-6,8-10H2. The molecule has 22 heavy (non-hydrogen) atoms.